The van der Waals surface area contributed by atoms with Gasteiger partial charge in [-0.15, -0.1) is 0 Å². The molecule has 2 aromatic rings. The number of anilines is 2. The molecule has 0 unspecified atom stereocenters. The van der Waals surface area contributed by atoms with E-state index in [1.54, 1.807) is 24.3 Å². The van der Waals surface area contributed by atoms with E-state index in [2.05, 4.69) is 16.3 Å². The van der Waals surface area contributed by atoms with Gasteiger partial charge in [0, 0.05) is 30.0 Å². The molecule has 1 heterocycles. The Morgan fingerprint density at radius 1 is 1.12 bits per heavy atom. The van der Waals surface area contributed by atoms with Crippen LogP contribution in [0.1, 0.15) is 35.7 Å². The number of aryl methyl sites for hydroxylation is 1. The molecule has 26 heavy (non-hydrogen) atoms. The highest BCUT2D eigenvalue weighted by Gasteiger charge is 2.14. The van der Waals surface area contributed by atoms with Crippen molar-refractivity contribution in [2.45, 2.75) is 26.7 Å². The number of nitrogens with one attached hydrogen (secondary N) is 1. The molecule has 0 aromatic heterocycles. The van der Waals surface area contributed by atoms with Gasteiger partial charge in [0.1, 0.15) is 5.75 Å². The number of hydrogen-bond acceptors (Lipinski definition) is 4. The minimum Gasteiger partial charge on any atom is -0.484 e. The Bertz CT molecular complexity index is 811. The van der Waals surface area contributed by atoms with Crippen LogP contribution in [0.15, 0.2) is 42.5 Å². The predicted octanol–water partition coefficient (Wildman–Crippen LogP) is 3.82. The first kappa shape index (κ1) is 18.0. The largest absolute Gasteiger partial charge is 0.484 e. The second-order valence-corrected chi connectivity index (χ2v) is 6.61. The fraction of sp³-hybridized carbons (Fsp3) is 0.333. The van der Waals surface area contributed by atoms with Crippen molar-refractivity contribution in [3.05, 3.63) is 53.6 Å². The SMILES string of the molecule is CC(=O)c1cccc(OCC(=O)Nc2ccc(N3CCCC3)cc2C)c1. The molecule has 3 rings (SSSR count). The van der Waals surface area contributed by atoms with Crippen molar-refractivity contribution >= 4 is 23.1 Å². The Balaban J connectivity index is 1.58. The minimum absolute atomic E-state index is 0.0337. The zero-order valence-corrected chi connectivity index (χ0v) is 15.2. The first-order valence-electron chi connectivity index (χ1n) is 8.92. The fourth-order valence-corrected chi connectivity index (χ4v) is 3.10. The van der Waals surface area contributed by atoms with Crippen molar-refractivity contribution in [2.75, 3.05) is 29.9 Å². The van der Waals surface area contributed by atoms with E-state index < -0.39 is 0 Å². The number of carbonyl (C=O) groups excluding carboxylic acids is 2. The smallest absolute Gasteiger partial charge is 0.262 e. The highest BCUT2D eigenvalue weighted by Crippen LogP contribution is 2.25. The lowest BCUT2D eigenvalue weighted by atomic mass is 10.1. The number of benzene rings is 2. The second-order valence-electron chi connectivity index (χ2n) is 6.61. The van der Waals surface area contributed by atoms with Crippen molar-refractivity contribution in [3.63, 3.8) is 0 Å². The Morgan fingerprint density at radius 2 is 1.88 bits per heavy atom. The minimum atomic E-state index is -0.227. The van der Waals surface area contributed by atoms with E-state index in [4.69, 9.17) is 4.74 Å². The molecule has 0 radical (unpaired) electrons. The average Bonchev–Trinajstić information content (AvgIpc) is 3.16. The number of ketones is 1. The van der Waals surface area contributed by atoms with Crippen molar-refractivity contribution in [3.8, 4) is 5.75 Å². The molecule has 0 bridgehead atoms. The second kappa shape index (κ2) is 8.04. The molecule has 136 valence electrons. The van der Waals surface area contributed by atoms with Crippen LogP contribution >= 0.6 is 0 Å². The number of carbonyl (C=O) groups is 2. The third-order valence-corrected chi connectivity index (χ3v) is 4.57. The molecule has 1 aliphatic heterocycles. The summed E-state index contributed by atoms with van der Waals surface area (Å²) in [4.78, 5) is 25.9. The van der Waals surface area contributed by atoms with Crippen LogP contribution in [0.2, 0.25) is 0 Å². The first-order valence-corrected chi connectivity index (χ1v) is 8.92. The molecule has 0 spiro atoms. The third-order valence-electron chi connectivity index (χ3n) is 4.57. The van der Waals surface area contributed by atoms with Gasteiger partial charge in [-0.3, -0.25) is 9.59 Å². The molecule has 0 atom stereocenters. The molecule has 0 aliphatic carbocycles. The molecule has 1 amide bonds. The molecular formula is C21H24N2O3. The van der Waals surface area contributed by atoms with E-state index in [-0.39, 0.29) is 18.3 Å². The highest BCUT2D eigenvalue weighted by molar-refractivity contribution is 5.94. The maximum Gasteiger partial charge on any atom is 0.262 e. The van der Waals surface area contributed by atoms with Crippen LogP contribution in [0.25, 0.3) is 0 Å². The molecule has 5 heteroatoms. The number of hydrogen-bond donors (Lipinski definition) is 1. The summed E-state index contributed by atoms with van der Waals surface area (Å²) in [6, 6.07) is 12.9. The summed E-state index contributed by atoms with van der Waals surface area (Å²) in [5, 5.41) is 2.89. The molecule has 5 nitrogen and oxygen atoms in total. The van der Waals surface area contributed by atoms with Gasteiger partial charge in [0.25, 0.3) is 5.91 Å². The summed E-state index contributed by atoms with van der Waals surface area (Å²) in [6.45, 7) is 5.58. The van der Waals surface area contributed by atoms with Gasteiger partial charge in [0.05, 0.1) is 0 Å². The summed E-state index contributed by atoms with van der Waals surface area (Å²) >= 11 is 0. The van der Waals surface area contributed by atoms with E-state index in [0.29, 0.717) is 11.3 Å². The van der Waals surface area contributed by atoms with Crippen LogP contribution in [-0.4, -0.2) is 31.4 Å². The number of amides is 1. The van der Waals surface area contributed by atoms with E-state index in [9.17, 15) is 9.59 Å². The number of Topliss-reactive ketones (excluding diaryl/α,β-unsaturated/α-hetero) is 1. The summed E-state index contributed by atoms with van der Waals surface area (Å²) in [7, 11) is 0. The van der Waals surface area contributed by atoms with Crippen molar-refractivity contribution in [2.24, 2.45) is 0 Å². The van der Waals surface area contributed by atoms with Crippen LogP contribution in [0.4, 0.5) is 11.4 Å². The van der Waals surface area contributed by atoms with Gasteiger partial charge < -0.3 is 15.0 Å². The van der Waals surface area contributed by atoms with Crippen LogP contribution < -0.4 is 15.0 Å². The lowest BCUT2D eigenvalue weighted by Crippen LogP contribution is -2.21. The predicted molar refractivity (Wildman–Crippen MR) is 103 cm³/mol. The molecule has 1 N–H and O–H groups in total. The van der Waals surface area contributed by atoms with Gasteiger partial charge in [-0.2, -0.15) is 0 Å². The van der Waals surface area contributed by atoms with E-state index >= 15 is 0 Å². The van der Waals surface area contributed by atoms with Crippen LogP contribution in [0.5, 0.6) is 5.75 Å². The van der Waals surface area contributed by atoms with Gasteiger partial charge in [0.2, 0.25) is 0 Å². The number of rotatable bonds is 6. The zero-order chi connectivity index (χ0) is 18.5. The van der Waals surface area contributed by atoms with Crippen molar-refractivity contribution in [1.29, 1.82) is 0 Å². The van der Waals surface area contributed by atoms with E-state index in [1.807, 2.05) is 19.1 Å². The standard InChI is InChI=1S/C21H24N2O3/c1-15-12-18(23-10-3-4-11-23)8-9-20(15)22-21(25)14-26-19-7-5-6-17(13-19)16(2)24/h5-9,12-13H,3-4,10-11,14H2,1-2H3,(H,22,25). The van der Waals surface area contributed by atoms with Gasteiger partial charge in [-0.1, -0.05) is 12.1 Å². The first-order chi connectivity index (χ1) is 12.5. The van der Waals surface area contributed by atoms with Gasteiger partial charge in [-0.05, 0) is 62.6 Å². The fourth-order valence-electron chi connectivity index (χ4n) is 3.10. The van der Waals surface area contributed by atoms with Crippen LogP contribution in [-0.2, 0) is 4.79 Å². The molecule has 0 saturated carbocycles. The molecule has 1 fully saturated rings. The number of ether oxygens (including phenoxy) is 1. The zero-order valence-electron chi connectivity index (χ0n) is 15.2. The Hall–Kier alpha value is -2.82. The topological polar surface area (TPSA) is 58.6 Å². The van der Waals surface area contributed by atoms with Crippen LogP contribution in [0, 0.1) is 6.92 Å². The lowest BCUT2D eigenvalue weighted by molar-refractivity contribution is -0.118. The van der Waals surface area contributed by atoms with E-state index in [1.165, 1.54) is 25.5 Å². The summed E-state index contributed by atoms with van der Waals surface area (Å²) < 4.78 is 5.50. The Kier molecular flexibility index (Phi) is 5.56. The van der Waals surface area contributed by atoms with Gasteiger partial charge in [-0.25, -0.2) is 0 Å². The Morgan fingerprint density at radius 3 is 2.58 bits per heavy atom. The van der Waals surface area contributed by atoms with Gasteiger partial charge >= 0.3 is 0 Å². The van der Waals surface area contributed by atoms with Crippen molar-refractivity contribution in [1.82, 2.24) is 0 Å². The maximum absolute atomic E-state index is 12.2. The molecule has 2 aromatic carbocycles. The van der Waals surface area contributed by atoms with Crippen molar-refractivity contribution < 1.29 is 14.3 Å². The molecule has 1 saturated heterocycles. The maximum atomic E-state index is 12.2. The number of nitrogens with zero attached hydrogens (tertiary/aromatic N) is 1. The summed E-state index contributed by atoms with van der Waals surface area (Å²) in [6.07, 6.45) is 2.47. The summed E-state index contributed by atoms with van der Waals surface area (Å²) in [5.74, 6) is 0.248. The quantitative estimate of drug-likeness (QED) is 0.803. The van der Waals surface area contributed by atoms with Gasteiger partial charge in [0.15, 0.2) is 12.4 Å². The Labute approximate surface area is 154 Å². The normalized spacial score (nSPS) is 13.5. The van der Waals surface area contributed by atoms with Crippen LogP contribution in [0.3, 0.4) is 0 Å². The highest BCUT2D eigenvalue weighted by atomic mass is 16.5. The average molecular weight is 352 g/mol. The molecule has 1 aliphatic rings. The third kappa shape index (κ3) is 4.42. The monoisotopic (exact) mass is 352 g/mol. The lowest BCUT2D eigenvalue weighted by Gasteiger charge is -2.19. The summed E-state index contributed by atoms with van der Waals surface area (Å²) in [5.41, 5.74) is 3.59. The molecular weight excluding hydrogens is 328 g/mol. The van der Waals surface area contributed by atoms with E-state index in [0.717, 1.165) is 24.3 Å².